The van der Waals surface area contributed by atoms with Crippen LogP contribution in [0, 0.1) is 0 Å². The summed E-state index contributed by atoms with van der Waals surface area (Å²) in [6.45, 7) is 9.11. The first kappa shape index (κ1) is 14.7. The molecule has 2 nitrogen and oxygen atoms in total. The molecule has 0 spiro atoms. The quantitative estimate of drug-likeness (QED) is 0.680. The van der Waals surface area contributed by atoms with Crippen LogP contribution in [0.25, 0.3) is 0 Å². The van der Waals surface area contributed by atoms with Gasteiger partial charge in [-0.25, -0.2) is 0 Å². The largest absolute Gasteiger partial charge is 0.494 e. The standard InChI is InChI=1S/C18H25NO/c1-4-5-13-20-17-11-9-16(10-12-17)19-18(14(2)3)15-7-6-8-15/h9-12,19H,2,4-8,13H2,1,3H3. The summed E-state index contributed by atoms with van der Waals surface area (Å²) >= 11 is 0. The maximum absolute atomic E-state index is 5.68. The predicted molar refractivity (Wildman–Crippen MR) is 86.2 cm³/mol. The van der Waals surface area contributed by atoms with Crippen molar-refractivity contribution in [2.75, 3.05) is 11.9 Å². The van der Waals surface area contributed by atoms with Crippen LogP contribution >= 0.6 is 0 Å². The average Bonchev–Trinajstić information content (AvgIpc) is 2.38. The van der Waals surface area contributed by atoms with Gasteiger partial charge in [-0.1, -0.05) is 19.9 Å². The lowest BCUT2D eigenvalue weighted by Crippen LogP contribution is -2.10. The molecule has 0 atom stereocenters. The summed E-state index contributed by atoms with van der Waals surface area (Å²) < 4.78 is 5.68. The van der Waals surface area contributed by atoms with Crippen molar-refractivity contribution in [3.8, 4) is 5.75 Å². The molecule has 0 saturated heterocycles. The van der Waals surface area contributed by atoms with Gasteiger partial charge in [0.25, 0.3) is 0 Å². The summed E-state index contributed by atoms with van der Waals surface area (Å²) in [6.07, 6.45) is 5.97. The third kappa shape index (κ3) is 3.89. The highest BCUT2D eigenvalue weighted by Crippen LogP contribution is 2.32. The molecule has 0 radical (unpaired) electrons. The molecule has 2 heteroatoms. The van der Waals surface area contributed by atoms with Gasteiger partial charge in [-0.2, -0.15) is 0 Å². The first-order valence-corrected chi connectivity index (χ1v) is 7.58. The van der Waals surface area contributed by atoms with Gasteiger partial charge in [0.15, 0.2) is 0 Å². The van der Waals surface area contributed by atoms with Crippen molar-refractivity contribution in [3.05, 3.63) is 47.7 Å². The van der Waals surface area contributed by atoms with E-state index in [1.54, 1.807) is 0 Å². The van der Waals surface area contributed by atoms with E-state index >= 15 is 0 Å². The van der Waals surface area contributed by atoms with Crippen LogP contribution in [0.5, 0.6) is 5.75 Å². The van der Waals surface area contributed by atoms with Gasteiger partial charge in [0.05, 0.1) is 6.61 Å². The fourth-order valence-corrected chi connectivity index (χ4v) is 2.21. The van der Waals surface area contributed by atoms with E-state index in [1.807, 2.05) is 12.1 Å². The number of benzene rings is 1. The van der Waals surface area contributed by atoms with E-state index in [0.29, 0.717) is 0 Å². The molecule has 0 heterocycles. The number of unbranched alkanes of at least 4 members (excludes halogenated alkanes) is 1. The smallest absolute Gasteiger partial charge is 0.119 e. The molecule has 0 bridgehead atoms. The maximum Gasteiger partial charge on any atom is 0.119 e. The lowest BCUT2D eigenvalue weighted by atomic mass is 9.88. The van der Waals surface area contributed by atoms with Gasteiger partial charge in [-0.3, -0.25) is 0 Å². The lowest BCUT2D eigenvalue weighted by molar-refractivity contribution is 0.309. The van der Waals surface area contributed by atoms with Crippen LogP contribution in [0.2, 0.25) is 0 Å². The Bertz CT molecular complexity index is 479. The third-order valence-electron chi connectivity index (χ3n) is 3.63. The van der Waals surface area contributed by atoms with E-state index in [9.17, 15) is 0 Å². The number of nitrogens with one attached hydrogen (secondary N) is 1. The molecular weight excluding hydrogens is 246 g/mol. The van der Waals surface area contributed by atoms with Crippen LogP contribution in [-0.4, -0.2) is 6.61 Å². The first-order valence-electron chi connectivity index (χ1n) is 7.58. The van der Waals surface area contributed by atoms with Gasteiger partial charge in [0.1, 0.15) is 5.75 Å². The summed E-state index contributed by atoms with van der Waals surface area (Å²) in [5.41, 5.74) is 4.94. The van der Waals surface area contributed by atoms with Crippen molar-refractivity contribution in [1.29, 1.82) is 0 Å². The topological polar surface area (TPSA) is 21.3 Å². The van der Waals surface area contributed by atoms with Crippen LogP contribution in [0.4, 0.5) is 5.69 Å². The molecule has 20 heavy (non-hydrogen) atoms. The van der Waals surface area contributed by atoms with E-state index in [0.717, 1.165) is 36.5 Å². The Morgan fingerprint density at radius 1 is 1.25 bits per heavy atom. The van der Waals surface area contributed by atoms with Gasteiger partial charge in [0, 0.05) is 11.4 Å². The zero-order valence-electron chi connectivity index (χ0n) is 12.7. The maximum atomic E-state index is 5.68. The second-order valence-electron chi connectivity index (χ2n) is 5.46. The molecule has 1 aliphatic carbocycles. The zero-order valence-corrected chi connectivity index (χ0v) is 12.7. The van der Waals surface area contributed by atoms with Crippen LogP contribution in [0.3, 0.4) is 0 Å². The van der Waals surface area contributed by atoms with Gasteiger partial charge in [0.2, 0.25) is 0 Å². The van der Waals surface area contributed by atoms with Crippen molar-refractivity contribution in [1.82, 2.24) is 0 Å². The Labute approximate surface area is 122 Å². The van der Waals surface area contributed by atoms with Gasteiger partial charge >= 0.3 is 0 Å². The highest BCUT2D eigenvalue weighted by molar-refractivity contribution is 5.55. The van der Waals surface area contributed by atoms with Crippen molar-refractivity contribution in [2.24, 2.45) is 0 Å². The second-order valence-corrected chi connectivity index (χ2v) is 5.46. The Morgan fingerprint density at radius 3 is 2.45 bits per heavy atom. The van der Waals surface area contributed by atoms with Crippen LogP contribution in [0.15, 0.2) is 47.7 Å². The van der Waals surface area contributed by atoms with E-state index in [1.165, 1.54) is 30.5 Å². The monoisotopic (exact) mass is 271 g/mol. The SMILES string of the molecule is C=C(C)C(Nc1ccc(OCCCC)cc1)=C1CCC1. The summed E-state index contributed by atoms with van der Waals surface area (Å²) in [7, 11) is 0. The predicted octanol–water partition coefficient (Wildman–Crippen LogP) is 5.29. The summed E-state index contributed by atoms with van der Waals surface area (Å²) in [4.78, 5) is 0. The summed E-state index contributed by atoms with van der Waals surface area (Å²) in [5, 5.41) is 3.50. The molecule has 1 fully saturated rings. The van der Waals surface area contributed by atoms with Crippen LogP contribution in [0.1, 0.15) is 46.0 Å². The van der Waals surface area contributed by atoms with Crippen molar-refractivity contribution in [2.45, 2.75) is 46.0 Å². The number of anilines is 1. The van der Waals surface area contributed by atoms with Crippen molar-refractivity contribution in [3.63, 3.8) is 0 Å². The van der Waals surface area contributed by atoms with Crippen LogP contribution < -0.4 is 10.1 Å². The third-order valence-corrected chi connectivity index (χ3v) is 3.63. The molecule has 1 aromatic rings. The van der Waals surface area contributed by atoms with Crippen LogP contribution in [-0.2, 0) is 0 Å². The van der Waals surface area contributed by atoms with E-state index in [4.69, 9.17) is 4.74 Å². The zero-order chi connectivity index (χ0) is 14.4. The number of ether oxygens (including phenoxy) is 1. The fraction of sp³-hybridized carbons (Fsp3) is 0.444. The molecule has 2 rings (SSSR count). The molecule has 108 valence electrons. The Morgan fingerprint density at radius 2 is 1.95 bits per heavy atom. The van der Waals surface area contributed by atoms with E-state index in [2.05, 4.69) is 37.9 Å². The second kappa shape index (κ2) is 7.18. The summed E-state index contributed by atoms with van der Waals surface area (Å²) in [5.74, 6) is 0.942. The molecular formula is C18H25NO. The van der Waals surface area contributed by atoms with Crippen molar-refractivity contribution < 1.29 is 4.74 Å². The first-order chi connectivity index (χ1) is 9.70. The highest BCUT2D eigenvalue weighted by atomic mass is 16.5. The molecule has 0 amide bonds. The number of allylic oxidation sites excluding steroid dienone is 2. The minimum Gasteiger partial charge on any atom is -0.494 e. The molecule has 1 aromatic carbocycles. The lowest BCUT2D eigenvalue weighted by Gasteiger charge is -2.23. The normalized spacial score (nSPS) is 13.6. The Hall–Kier alpha value is -1.70. The van der Waals surface area contributed by atoms with E-state index in [-0.39, 0.29) is 0 Å². The molecule has 0 aliphatic heterocycles. The van der Waals surface area contributed by atoms with E-state index < -0.39 is 0 Å². The van der Waals surface area contributed by atoms with Gasteiger partial charge in [-0.05, 0) is 68.0 Å². The summed E-state index contributed by atoms with van der Waals surface area (Å²) in [6, 6.07) is 8.20. The Balaban J connectivity index is 1.97. The fourth-order valence-electron chi connectivity index (χ4n) is 2.21. The average molecular weight is 271 g/mol. The van der Waals surface area contributed by atoms with Gasteiger partial charge < -0.3 is 10.1 Å². The molecule has 0 aromatic heterocycles. The number of hydrogen-bond donors (Lipinski definition) is 1. The molecule has 1 N–H and O–H groups in total. The molecule has 1 saturated carbocycles. The highest BCUT2D eigenvalue weighted by Gasteiger charge is 2.15. The minimum atomic E-state index is 0.796. The molecule has 0 unspecified atom stereocenters. The van der Waals surface area contributed by atoms with Gasteiger partial charge in [-0.15, -0.1) is 0 Å². The Kier molecular flexibility index (Phi) is 5.28. The number of hydrogen-bond acceptors (Lipinski definition) is 2. The number of rotatable bonds is 7. The molecule has 1 aliphatic rings. The van der Waals surface area contributed by atoms with Crippen molar-refractivity contribution >= 4 is 5.69 Å². The minimum absolute atomic E-state index is 0.796.